The maximum absolute atomic E-state index is 11.8. The van der Waals surface area contributed by atoms with Gasteiger partial charge >= 0.3 is 0 Å². The number of rotatable bonds is 2. The average molecular weight is 291 g/mol. The number of benzene rings is 1. The number of hydrogen-bond donors (Lipinski definition) is 2. The van der Waals surface area contributed by atoms with E-state index in [1.165, 1.54) is 0 Å². The van der Waals surface area contributed by atoms with E-state index in [2.05, 4.69) is 34.8 Å². The van der Waals surface area contributed by atoms with E-state index >= 15 is 0 Å². The second-order valence-corrected chi connectivity index (χ2v) is 4.12. The lowest BCUT2D eigenvalue weighted by Gasteiger charge is -2.01. The molecule has 5 nitrogen and oxygen atoms in total. The molecule has 20 heavy (non-hydrogen) atoms. The number of pyridine rings is 1. The first-order valence-electron chi connectivity index (χ1n) is 5.68. The molecular formula is C14H15ClN4O. The van der Waals surface area contributed by atoms with Crippen molar-refractivity contribution in [3.63, 3.8) is 0 Å². The molecule has 0 spiro atoms. The van der Waals surface area contributed by atoms with Crippen LogP contribution < -0.4 is 11.3 Å². The fraction of sp³-hybridized carbons (Fsp3) is 0.0714. The molecule has 1 aromatic heterocycles. The van der Waals surface area contributed by atoms with Gasteiger partial charge in [0.2, 0.25) is 5.96 Å². The SMILES string of the molecule is C=C.C=NC(N)=NCc1cc2cc(Cl)ccc2[nH]c1=O. The van der Waals surface area contributed by atoms with Crippen LogP contribution in [0.1, 0.15) is 5.56 Å². The van der Waals surface area contributed by atoms with E-state index in [1.807, 2.05) is 0 Å². The first-order chi connectivity index (χ1) is 9.60. The number of fused-ring (bicyclic) bond motifs is 1. The van der Waals surface area contributed by atoms with Crippen molar-refractivity contribution in [2.75, 3.05) is 0 Å². The van der Waals surface area contributed by atoms with Gasteiger partial charge in [-0.1, -0.05) is 11.6 Å². The number of halogens is 1. The van der Waals surface area contributed by atoms with Crippen LogP contribution in [-0.4, -0.2) is 17.7 Å². The molecule has 0 unspecified atom stereocenters. The zero-order chi connectivity index (χ0) is 15.1. The molecule has 6 heteroatoms. The van der Waals surface area contributed by atoms with Crippen LogP contribution in [0.4, 0.5) is 0 Å². The number of aromatic amines is 1. The fourth-order valence-corrected chi connectivity index (χ4v) is 1.74. The molecule has 0 radical (unpaired) electrons. The quantitative estimate of drug-likeness (QED) is 0.506. The topological polar surface area (TPSA) is 83.6 Å². The summed E-state index contributed by atoms with van der Waals surface area (Å²) in [5.41, 5.74) is 6.42. The standard InChI is InChI=1S/C12H11ClN4O.C2H4/c1-15-12(14)16-6-8-4-7-5-9(13)2-3-10(7)17-11(8)18;1-2/h2-5H,1,6H2,(H2,14,16)(H,17,18);1-2H2. The summed E-state index contributed by atoms with van der Waals surface area (Å²) in [6.45, 7) is 9.40. The van der Waals surface area contributed by atoms with Crippen molar-refractivity contribution in [2.45, 2.75) is 6.54 Å². The van der Waals surface area contributed by atoms with Gasteiger partial charge in [0.25, 0.3) is 5.56 Å². The summed E-state index contributed by atoms with van der Waals surface area (Å²) in [5.74, 6) is 0.0561. The minimum absolute atomic E-state index is 0.0561. The summed E-state index contributed by atoms with van der Waals surface area (Å²) in [5, 5.41) is 1.45. The number of nitrogens with one attached hydrogen (secondary N) is 1. The minimum Gasteiger partial charge on any atom is -0.368 e. The molecule has 2 rings (SSSR count). The molecule has 1 heterocycles. The van der Waals surface area contributed by atoms with Crippen LogP contribution in [0.3, 0.4) is 0 Å². The molecule has 0 amide bonds. The highest BCUT2D eigenvalue weighted by molar-refractivity contribution is 6.31. The predicted octanol–water partition coefficient (Wildman–Crippen LogP) is 2.50. The summed E-state index contributed by atoms with van der Waals surface area (Å²) in [6.07, 6.45) is 0. The van der Waals surface area contributed by atoms with Crippen molar-refractivity contribution in [2.24, 2.45) is 15.7 Å². The average Bonchev–Trinajstić information content (AvgIpc) is 2.47. The Morgan fingerprint density at radius 3 is 2.70 bits per heavy atom. The monoisotopic (exact) mass is 290 g/mol. The molecule has 0 saturated heterocycles. The number of hydrogen-bond acceptors (Lipinski definition) is 2. The summed E-state index contributed by atoms with van der Waals surface area (Å²) in [7, 11) is 0. The van der Waals surface area contributed by atoms with Crippen molar-refractivity contribution in [1.29, 1.82) is 0 Å². The van der Waals surface area contributed by atoms with Gasteiger partial charge in [0.05, 0.1) is 6.54 Å². The number of nitrogens with two attached hydrogens (primary N) is 1. The van der Waals surface area contributed by atoms with E-state index < -0.39 is 0 Å². The Bertz CT molecular complexity index is 706. The molecule has 3 N–H and O–H groups in total. The first kappa shape index (κ1) is 15.7. The predicted molar refractivity (Wildman–Crippen MR) is 85.7 cm³/mol. The molecule has 0 aliphatic rings. The third-order valence-corrected chi connectivity index (χ3v) is 2.69. The summed E-state index contributed by atoms with van der Waals surface area (Å²) >= 11 is 5.90. The van der Waals surface area contributed by atoms with E-state index in [0.717, 1.165) is 10.9 Å². The van der Waals surface area contributed by atoms with Gasteiger partial charge in [0.1, 0.15) is 0 Å². The lowest BCUT2D eigenvalue weighted by molar-refractivity contribution is 1.02. The van der Waals surface area contributed by atoms with Gasteiger partial charge in [-0.05, 0) is 31.0 Å². The normalized spacial score (nSPS) is 10.8. The van der Waals surface area contributed by atoms with Crippen LogP contribution in [0.5, 0.6) is 0 Å². The number of guanidine groups is 1. The van der Waals surface area contributed by atoms with Gasteiger partial charge in [0, 0.05) is 21.5 Å². The highest BCUT2D eigenvalue weighted by Crippen LogP contribution is 2.17. The molecule has 0 bridgehead atoms. The Morgan fingerprint density at radius 1 is 1.35 bits per heavy atom. The molecule has 104 valence electrons. The van der Waals surface area contributed by atoms with Gasteiger partial charge in [0.15, 0.2) is 0 Å². The number of aromatic nitrogens is 1. The van der Waals surface area contributed by atoms with Crippen molar-refractivity contribution in [1.82, 2.24) is 4.98 Å². The highest BCUT2D eigenvalue weighted by atomic mass is 35.5. The number of H-pyrrole nitrogens is 1. The smallest absolute Gasteiger partial charge is 0.253 e. The lowest BCUT2D eigenvalue weighted by Crippen LogP contribution is -2.14. The van der Waals surface area contributed by atoms with Crippen LogP contribution in [0.25, 0.3) is 10.9 Å². The van der Waals surface area contributed by atoms with Crippen LogP contribution in [0.15, 0.2) is 52.2 Å². The second-order valence-electron chi connectivity index (χ2n) is 3.69. The van der Waals surface area contributed by atoms with Crippen molar-refractivity contribution in [3.05, 3.63) is 58.4 Å². The molecule has 0 aliphatic carbocycles. The third-order valence-electron chi connectivity index (χ3n) is 2.46. The number of aliphatic imine (C=N–C) groups is 2. The lowest BCUT2D eigenvalue weighted by atomic mass is 10.1. The van der Waals surface area contributed by atoms with Crippen LogP contribution in [0.2, 0.25) is 5.02 Å². The van der Waals surface area contributed by atoms with Gasteiger partial charge < -0.3 is 10.7 Å². The van der Waals surface area contributed by atoms with E-state index in [9.17, 15) is 4.79 Å². The molecule has 1 aromatic carbocycles. The van der Waals surface area contributed by atoms with E-state index in [-0.39, 0.29) is 18.1 Å². The Labute approximate surface area is 121 Å². The van der Waals surface area contributed by atoms with Crippen LogP contribution in [0, 0.1) is 0 Å². The van der Waals surface area contributed by atoms with Crippen molar-refractivity contribution >= 4 is 35.2 Å². The van der Waals surface area contributed by atoms with E-state index in [4.69, 9.17) is 17.3 Å². The Morgan fingerprint density at radius 2 is 2.05 bits per heavy atom. The van der Waals surface area contributed by atoms with Crippen LogP contribution >= 0.6 is 11.6 Å². The fourth-order valence-electron chi connectivity index (χ4n) is 1.56. The van der Waals surface area contributed by atoms with Crippen molar-refractivity contribution < 1.29 is 0 Å². The zero-order valence-electron chi connectivity index (χ0n) is 10.9. The Hall–Kier alpha value is -2.40. The second kappa shape index (κ2) is 7.25. The molecule has 0 fully saturated rings. The van der Waals surface area contributed by atoms with Crippen molar-refractivity contribution in [3.8, 4) is 0 Å². The van der Waals surface area contributed by atoms with Gasteiger partial charge in [-0.25, -0.2) is 9.98 Å². The van der Waals surface area contributed by atoms with Gasteiger partial charge in [-0.15, -0.1) is 13.2 Å². The van der Waals surface area contributed by atoms with Crippen LogP contribution in [-0.2, 0) is 6.54 Å². The molecular weight excluding hydrogens is 276 g/mol. The molecule has 0 saturated carbocycles. The molecule has 0 aliphatic heterocycles. The largest absolute Gasteiger partial charge is 0.368 e. The maximum Gasteiger partial charge on any atom is 0.253 e. The zero-order valence-corrected chi connectivity index (χ0v) is 11.7. The number of nitrogens with zero attached hydrogens (tertiary/aromatic N) is 2. The van der Waals surface area contributed by atoms with E-state index in [0.29, 0.717) is 10.6 Å². The third kappa shape index (κ3) is 3.80. The summed E-state index contributed by atoms with van der Waals surface area (Å²) in [4.78, 5) is 21.9. The van der Waals surface area contributed by atoms with Gasteiger partial charge in [-0.2, -0.15) is 0 Å². The summed E-state index contributed by atoms with van der Waals surface area (Å²) in [6, 6.07) is 6.98. The summed E-state index contributed by atoms with van der Waals surface area (Å²) < 4.78 is 0. The molecule has 0 atom stereocenters. The Balaban J connectivity index is 0.000000956. The minimum atomic E-state index is -0.203. The molecule has 2 aromatic rings. The van der Waals surface area contributed by atoms with Gasteiger partial charge in [-0.3, -0.25) is 4.79 Å². The van der Waals surface area contributed by atoms with E-state index in [1.54, 1.807) is 24.3 Å². The maximum atomic E-state index is 11.8. The highest BCUT2D eigenvalue weighted by Gasteiger charge is 2.03. The first-order valence-corrected chi connectivity index (χ1v) is 6.06. The Kier molecular flexibility index (Phi) is 5.68.